The van der Waals surface area contributed by atoms with Crippen molar-refractivity contribution in [1.82, 2.24) is 4.90 Å². The summed E-state index contributed by atoms with van der Waals surface area (Å²) in [5.74, 6) is 0.160. The zero-order valence-corrected chi connectivity index (χ0v) is 13.2. The Hall–Kier alpha value is -1.02. The standard InChI is InChI=1S/C17H22ClNO/c1-16(2)8-14-9-17(3,10-16)11-19(14)15(20)12-4-6-13(18)7-5-12/h4-7,14H,8-11H2,1-3H3/t14-,17-/m1/s1. The molecule has 1 saturated heterocycles. The molecule has 0 N–H and O–H groups in total. The number of fused-ring (bicyclic) bond motifs is 2. The van der Waals surface area contributed by atoms with Gasteiger partial charge in [0.15, 0.2) is 0 Å². The molecule has 1 amide bonds. The molecule has 1 aromatic carbocycles. The van der Waals surface area contributed by atoms with Crippen molar-refractivity contribution >= 4 is 17.5 Å². The predicted molar refractivity (Wildman–Crippen MR) is 82.0 cm³/mol. The van der Waals surface area contributed by atoms with Crippen LogP contribution < -0.4 is 0 Å². The number of nitrogens with zero attached hydrogens (tertiary/aromatic N) is 1. The molecule has 0 radical (unpaired) electrons. The predicted octanol–water partition coefficient (Wildman–Crippen LogP) is 4.38. The maximum Gasteiger partial charge on any atom is 0.254 e. The first-order valence-electron chi connectivity index (χ1n) is 7.35. The number of likely N-dealkylation sites (tertiary alicyclic amines) is 1. The van der Waals surface area contributed by atoms with Crippen molar-refractivity contribution in [3.8, 4) is 0 Å². The lowest BCUT2D eigenvalue weighted by Gasteiger charge is -2.39. The molecular formula is C17H22ClNO. The molecule has 1 aliphatic carbocycles. The van der Waals surface area contributed by atoms with Crippen LogP contribution in [0.2, 0.25) is 5.02 Å². The van der Waals surface area contributed by atoms with Gasteiger partial charge in [-0.25, -0.2) is 0 Å². The van der Waals surface area contributed by atoms with Crippen molar-refractivity contribution in [2.45, 2.75) is 46.1 Å². The third-order valence-corrected chi connectivity index (χ3v) is 5.02. The molecule has 2 nitrogen and oxygen atoms in total. The SMILES string of the molecule is CC1(C)C[C@@H]2C[C@@](C)(CN2C(=O)c2ccc(Cl)cc2)C1. The highest BCUT2D eigenvalue weighted by Crippen LogP contribution is 2.52. The Labute approximate surface area is 126 Å². The second-order valence-electron chi connectivity index (χ2n) is 7.65. The summed E-state index contributed by atoms with van der Waals surface area (Å²) in [4.78, 5) is 14.8. The van der Waals surface area contributed by atoms with Gasteiger partial charge < -0.3 is 4.90 Å². The second-order valence-corrected chi connectivity index (χ2v) is 8.09. The summed E-state index contributed by atoms with van der Waals surface area (Å²) < 4.78 is 0. The van der Waals surface area contributed by atoms with E-state index in [0.29, 0.717) is 16.5 Å². The number of hydrogen-bond acceptors (Lipinski definition) is 1. The van der Waals surface area contributed by atoms with Gasteiger partial charge in [-0.05, 0) is 54.4 Å². The minimum atomic E-state index is 0.160. The Bertz CT molecular complexity index is 536. The first-order valence-corrected chi connectivity index (χ1v) is 7.72. The number of hydrogen-bond donors (Lipinski definition) is 0. The van der Waals surface area contributed by atoms with Crippen LogP contribution in [-0.4, -0.2) is 23.4 Å². The highest BCUT2D eigenvalue weighted by atomic mass is 35.5. The van der Waals surface area contributed by atoms with Gasteiger partial charge >= 0.3 is 0 Å². The van der Waals surface area contributed by atoms with Crippen LogP contribution in [0.15, 0.2) is 24.3 Å². The van der Waals surface area contributed by atoms with Gasteiger partial charge in [-0.1, -0.05) is 32.4 Å². The minimum absolute atomic E-state index is 0.160. The number of halogens is 1. The van der Waals surface area contributed by atoms with Crippen LogP contribution in [0.3, 0.4) is 0 Å². The normalized spacial score (nSPS) is 31.4. The van der Waals surface area contributed by atoms with Gasteiger partial charge in [0.1, 0.15) is 0 Å². The van der Waals surface area contributed by atoms with Crippen LogP contribution in [-0.2, 0) is 0 Å². The summed E-state index contributed by atoms with van der Waals surface area (Å²) in [6.07, 6.45) is 3.47. The molecule has 1 saturated carbocycles. The van der Waals surface area contributed by atoms with Crippen LogP contribution in [0.1, 0.15) is 50.4 Å². The first-order chi connectivity index (χ1) is 9.28. The quantitative estimate of drug-likeness (QED) is 0.752. The van der Waals surface area contributed by atoms with Gasteiger partial charge in [-0.2, -0.15) is 0 Å². The van der Waals surface area contributed by atoms with E-state index in [0.717, 1.165) is 24.9 Å². The molecule has 3 rings (SSSR count). The molecule has 108 valence electrons. The van der Waals surface area contributed by atoms with Gasteiger partial charge in [0.05, 0.1) is 0 Å². The van der Waals surface area contributed by atoms with E-state index in [-0.39, 0.29) is 11.3 Å². The minimum Gasteiger partial charge on any atom is -0.335 e. The van der Waals surface area contributed by atoms with Crippen LogP contribution in [0.5, 0.6) is 0 Å². The summed E-state index contributed by atoms with van der Waals surface area (Å²) in [7, 11) is 0. The number of benzene rings is 1. The van der Waals surface area contributed by atoms with Crippen molar-refractivity contribution in [3.63, 3.8) is 0 Å². The van der Waals surface area contributed by atoms with E-state index in [1.165, 1.54) is 6.42 Å². The number of carbonyl (C=O) groups excluding carboxylic acids is 1. The van der Waals surface area contributed by atoms with E-state index in [9.17, 15) is 4.79 Å². The smallest absolute Gasteiger partial charge is 0.254 e. The Morgan fingerprint density at radius 2 is 1.85 bits per heavy atom. The Morgan fingerprint density at radius 3 is 2.50 bits per heavy atom. The highest BCUT2D eigenvalue weighted by molar-refractivity contribution is 6.30. The summed E-state index contributed by atoms with van der Waals surface area (Å²) in [5, 5.41) is 0.676. The molecular weight excluding hydrogens is 270 g/mol. The maximum absolute atomic E-state index is 12.7. The largest absolute Gasteiger partial charge is 0.335 e. The van der Waals surface area contributed by atoms with Crippen molar-refractivity contribution in [1.29, 1.82) is 0 Å². The first kappa shape index (κ1) is 13.9. The molecule has 0 unspecified atom stereocenters. The van der Waals surface area contributed by atoms with E-state index in [1.54, 1.807) is 12.1 Å². The van der Waals surface area contributed by atoms with E-state index in [4.69, 9.17) is 11.6 Å². The molecule has 2 aliphatic rings. The fourth-order valence-corrected chi connectivity index (χ4v) is 4.58. The average molecular weight is 292 g/mol. The van der Waals surface area contributed by atoms with Crippen LogP contribution in [0, 0.1) is 10.8 Å². The lowest BCUT2D eigenvalue weighted by Crippen LogP contribution is -2.37. The third-order valence-electron chi connectivity index (χ3n) is 4.77. The van der Waals surface area contributed by atoms with Crippen molar-refractivity contribution in [2.75, 3.05) is 6.54 Å². The summed E-state index contributed by atoms with van der Waals surface area (Å²) in [6, 6.07) is 7.65. The fraction of sp³-hybridized carbons (Fsp3) is 0.588. The maximum atomic E-state index is 12.7. The molecule has 20 heavy (non-hydrogen) atoms. The van der Waals surface area contributed by atoms with Crippen molar-refractivity contribution < 1.29 is 4.79 Å². The van der Waals surface area contributed by atoms with Crippen molar-refractivity contribution in [2.24, 2.45) is 10.8 Å². The number of amides is 1. The van der Waals surface area contributed by atoms with Crippen molar-refractivity contribution in [3.05, 3.63) is 34.9 Å². The fourth-order valence-electron chi connectivity index (χ4n) is 4.46. The summed E-state index contributed by atoms with van der Waals surface area (Å²) in [6.45, 7) is 7.87. The average Bonchev–Trinajstić information content (AvgIpc) is 2.58. The summed E-state index contributed by atoms with van der Waals surface area (Å²) in [5.41, 5.74) is 1.38. The monoisotopic (exact) mass is 291 g/mol. The highest BCUT2D eigenvalue weighted by Gasteiger charge is 2.50. The van der Waals surface area contributed by atoms with E-state index < -0.39 is 0 Å². The van der Waals surface area contributed by atoms with Gasteiger partial charge in [-0.15, -0.1) is 0 Å². The molecule has 0 spiro atoms. The Balaban J connectivity index is 1.85. The second kappa shape index (κ2) is 4.49. The van der Waals surface area contributed by atoms with E-state index in [2.05, 4.69) is 25.7 Å². The molecule has 1 aromatic rings. The molecule has 2 atom stereocenters. The molecule has 2 bridgehead atoms. The number of carbonyl (C=O) groups is 1. The molecule has 1 aliphatic heterocycles. The van der Waals surface area contributed by atoms with Gasteiger partial charge in [0, 0.05) is 23.2 Å². The molecule has 2 fully saturated rings. The lowest BCUT2D eigenvalue weighted by molar-refractivity contribution is 0.0708. The Kier molecular flexibility index (Phi) is 3.13. The summed E-state index contributed by atoms with van der Waals surface area (Å²) >= 11 is 5.90. The van der Waals surface area contributed by atoms with Gasteiger partial charge in [0.2, 0.25) is 0 Å². The topological polar surface area (TPSA) is 20.3 Å². The molecule has 1 heterocycles. The zero-order chi connectivity index (χ0) is 14.5. The molecule has 0 aromatic heterocycles. The Morgan fingerprint density at radius 1 is 1.20 bits per heavy atom. The molecule has 3 heteroatoms. The van der Waals surface area contributed by atoms with Gasteiger partial charge in [0.25, 0.3) is 5.91 Å². The zero-order valence-electron chi connectivity index (χ0n) is 12.4. The third kappa shape index (κ3) is 2.46. The van der Waals surface area contributed by atoms with Crippen LogP contribution in [0.4, 0.5) is 0 Å². The van der Waals surface area contributed by atoms with E-state index in [1.807, 2.05) is 12.1 Å². The number of rotatable bonds is 1. The van der Waals surface area contributed by atoms with Gasteiger partial charge in [-0.3, -0.25) is 4.79 Å². The van der Waals surface area contributed by atoms with E-state index >= 15 is 0 Å². The van der Waals surface area contributed by atoms with Crippen LogP contribution >= 0.6 is 11.6 Å². The van der Waals surface area contributed by atoms with Crippen LogP contribution in [0.25, 0.3) is 0 Å². The lowest BCUT2D eigenvalue weighted by atomic mass is 9.65.